The van der Waals surface area contributed by atoms with Crippen molar-refractivity contribution in [1.29, 1.82) is 0 Å². The lowest BCUT2D eigenvalue weighted by atomic mass is 9.85. The lowest BCUT2D eigenvalue weighted by Crippen LogP contribution is -2.42. The van der Waals surface area contributed by atoms with Gasteiger partial charge >= 0.3 is 0 Å². The first-order valence-electron chi connectivity index (χ1n) is 6.18. The molecule has 0 heterocycles. The van der Waals surface area contributed by atoms with Gasteiger partial charge in [0, 0.05) is 18.0 Å². The molecule has 3 nitrogen and oxygen atoms in total. The van der Waals surface area contributed by atoms with Gasteiger partial charge < -0.3 is 11.1 Å². The summed E-state index contributed by atoms with van der Waals surface area (Å²) >= 11 is 0. The number of carbonyl (C=O) groups is 1. The number of rotatable bonds is 5. The third-order valence-corrected chi connectivity index (χ3v) is 3.32. The van der Waals surface area contributed by atoms with E-state index in [1.165, 1.54) is 19.3 Å². The summed E-state index contributed by atoms with van der Waals surface area (Å²) in [4.78, 5) is 11.1. The quantitative estimate of drug-likeness (QED) is 0.730. The fourth-order valence-corrected chi connectivity index (χ4v) is 2.52. The van der Waals surface area contributed by atoms with E-state index in [0.717, 1.165) is 19.3 Å². The van der Waals surface area contributed by atoms with Gasteiger partial charge in [-0.25, -0.2) is 0 Å². The number of primary amides is 1. The first kappa shape index (κ1) is 12.5. The molecular weight excluding hydrogens is 188 g/mol. The Labute approximate surface area is 92.8 Å². The van der Waals surface area contributed by atoms with Crippen molar-refractivity contribution in [2.45, 2.75) is 64.5 Å². The highest BCUT2D eigenvalue weighted by atomic mass is 16.1. The number of hydrogen-bond donors (Lipinski definition) is 2. The number of carbonyl (C=O) groups excluding carboxylic acids is 1. The standard InChI is InChI=1S/C12H24N2O/c1-3-5-9(2)14-11-7-4-6-10(8-11)12(13)15/h9-11,14H,3-8H2,1-2H3,(H2,13,15). The van der Waals surface area contributed by atoms with Crippen molar-refractivity contribution in [1.82, 2.24) is 5.32 Å². The molecule has 1 amide bonds. The summed E-state index contributed by atoms with van der Waals surface area (Å²) in [5.74, 6) is -0.0188. The van der Waals surface area contributed by atoms with E-state index in [0.29, 0.717) is 12.1 Å². The molecule has 0 radical (unpaired) electrons. The maximum Gasteiger partial charge on any atom is 0.220 e. The van der Waals surface area contributed by atoms with Gasteiger partial charge in [0.1, 0.15) is 0 Å². The van der Waals surface area contributed by atoms with Crippen LogP contribution in [0.25, 0.3) is 0 Å². The maximum atomic E-state index is 11.1. The van der Waals surface area contributed by atoms with Crippen molar-refractivity contribution in [3.05, 3.63) is 0 Å². The molecule has 0 aromatic carbocycles. The molecule has 0 aromatic heterocycles. The second-order valence-corrected chi connectivity index (χ2v) is 4.82. The molecule has 15 heavy (non-hydrogen) atoms. The SMILES string of the molecule is CCCC(C)NC1CCCC(C(N)=O)C1. The van der Waals surface area contributed by atoms with Crippen LogP contribution in [0, 0.1) is 5.92 Å². The van der Waals surface area contributed by atoms with Gasteiger partial charge in [-0.15, -0.1) is 0 Å². The van der Waals surface area contributed by atoms with E-state index in [-0.39, 0.29) is 11.8 Å². The fraction of sp³-hybridized carbons (Fsp3) is 0.917. The Bertz CT molecular complexity index is 206. The van der Waals surface area contributed by atoms with Crippen LogP contribution in [0.4, 0.5) is 0 Å². The smallest absolute Gasteiger partial charge is 0.220 e. The molecular formula is C12H24N2O. The lowest BCUT2D eigenvalue weighted by Gasteiger charge is -2.30. The van der Waals surface area contributed by atoms with Crippen LogP contribution < -0.4 is 11.1 Å². The highest BCUT2D eigenvalue weighted by molar-refractivity contribution is 5.76. The minimum absolute atomic E-state index is 0.102. The van der Waals surface area contributed by atoms with E-state index in [1.807, 2.05) is 0 Å². The van der Waals surface area contributed by atoms with Crippen LogP contribution in [-0.4, -0.2) is 18.0 Å². The van der Waals surface area contributed by atoms with Gasteiger partial charge in [-0.3, -0.25) is 4.79 Å². The Morgan fingerprint density at radius 1 is 1.53 bits per heavy atom. The normalized spacial score (nSPS) is 28.7. The first-order valence-corrected chi connectivity index (χ1v) is 6.18. The molecule has 3 atom stereocenters. The minimum Gasteiger partial charge on any atom is -0.369 e. The molecule has 0 saturated heterocycles. The van der Waals surface area contributed by atoms with Crippen LogP contribution in [0.5, 0.6) is 0 Å². The second kappa shape index (κ2) is 6.11. The average Bonchev–Trinajstić information content (AvgIpc) is 2.18. The van der Waals surface area contributed by atoms with Crippen LogP contribution >= 0.6 is 0 Å². The predicted octanol–water partition coefficient (Wildman–Crippen LogP) is 1.81. The van der Waals surface area contributed by atoms with Gasteiger partial charge in [-0.05, 0) is 32.6 Å². The summed E-state index contributed by atoms with van der Waals surface area (Å²) in [5.41, 5.74) is 5.35. The van der Waals surface area contributed by atoms with Crippen molar-refractivity contribution in [2.24, 2.45) is 11.7 Å². The van der Waals surface area contributed by atoms with Crippen LogP contribution in [0.15, 0.2) is 0 Å². The molecule has 1 aliphatic rings. The molecule has 0 spiro atoms. The molecule has 1 aliphatic carbocycles. The zero-order chi connectivity index (χ0) is 11.3. The Balaban J connectivity index is 2.32. The van der Waals surface area contributed by atoms with E-state index in [2.05, 4.69) is 19.2 Å². The molecule has 3 N–H and O–H groups in total. The molecule has 1 rings (SSSR count). The molecule has 3 heteroatoms. The van der Waals surface area contributed by atoms with E-state index in [9.17, 15) is 4.79 Å². The monoisotopic (exact) mass is 212 g/mol. The molecule has 1 fully saturated rings. The summed E-state index contributed by atoms with van der Waals surface area (Å²) in [6.07, 6.45) is 6.65. The molecule has 1 saturated carbocycles. The van der Waals surface area contributed by atoms with Gasteiger partial charge in [-0.1, -0.05) is 19.8 Å². The van der Waals surface area contributed by atoms with Crippen molar-refractivity contribution in [3.63, 3.8) is 0 Å². The first-order chi connectivity index (χ1) is 7.13. The summed E-state index contributed by atoms with van der Waals surface area (Å²) in [7, 11) is 0. The van der Waals surface area contributed by atoms with E-state index >= 15 is 0 Å². The molecule has 88 valence electrons. The van der Waals surface area contributed by atoms with Crippen molar-refractivity contribution in [3.8, 4) is 0 Å². The topological polar surface area (TPSA) is 55.1 Å². The molecule has 3 unspecified atom stereocenters. The van der Waals surface area contributed by atoms with Gasteiger partial charge in [0.2, 0.25) is 5.91 Å². The summed E-state index contributed by atoms with van der Waals surface area (Å²) < 4.78 is 0. The van der Waals surface area contributed by atoms with Crippen molar-refractivity contribution in [2.75, 3.05) is 0 Å². The maximum absolute atomic E-state index is 11.1. The highest BCUT2D eigenvalue weighted by Gasteiger charge is 2.25. The van der Waals surface area contributed by atoms with E-state index in [4.69, 9.17) is 5.73 Å². The number of nitrogens with two attached hydrogens (primary N) is 1. The number of amides is 1. The third kappa shape index (κ3) is 4.20. The van der Waals surface area contributed by atoms with Crippen molar-refractivity contribution >= 4 is 5.91 Å². The minimum atomic E-state index is -0.121. The summed E-state index contributed by atoms with van der Waals surface area (Å²) in [5, 5.41) is 3.60. The molecule has 0 aliphatic heterocycles. The van der Waals surface area contributed by atoms with Crippen molar-refractivity contribution < 1.29 is 4.79 Å². The lowest BCUT2D eigenvalue weighted by molar-refractivity contribution is -0.122. The van der Waals surface area contributed by atoms with Gasteiger partial charge in [0.25, 0.3) is 0 Å². The number of nitrogens with one attached hydrogen (secondary N) is 1. The third-order valence-electron chi connectivity index (χ3n) is 3.32. The Morgan fingerprint density at radius 3 is 2.87 bits per heavy atom. The Morgan fingerprint density at radius 2 is 2.27 bits per heavy atom. The molecule has 0 aromatic rings. The zero-order valence-corrected chi connectivity index (χ0v) is 9.96. The Kier molecular flexibility index (Phi) is 5.09. The van der Waals surface area contributed by atoms with E-state index < -0.39 is 0 Å². The Hall–Kier alpha value is -0.570. The largest absolute Gasteiger partial charge is 0.369 e. The zero-order valence-electron chi connectivity index (χ0n) is 9.96. The predicted molar refractivity (Wildman–Crippen MR) is 62.4 cm³/mol. The van der Waals surface area contributed by atoms with Crippen LogP contribution in [0.2, 0.25) is 0 Å². The summed E-state index contributed by atoms with van der Waals surface area (Å²) in [6.45, 7) is 4.42. The fourth-order valence-electron chi connectivity index (χ4n) is 2.52. The highest BCUT2D eigenvalue weighted by Crippen LogP contribution is 2.24. The average molecular weight is 212 g/mol. The van der Waals surface area contributed by atoms with Gasteiger partial charge in [0.15, 0.2) is 0 Å². The van der Waals surface area contributed by atoms with Gasteiger partial charge in [0.05, 0.1) is 0 Å². The summed E-state index contributed by atoms with van der Waals surface area (Å²) in [6, 6.07) is 1.06. The molecule has 0 bridgehead atoms. The van der Waals surface area contributed by atoms with Crippen LogP contribution in [0.3, 0.4) is 0 Å². The second-order valence-electron chi connectivity index (χ2n) is 4.82. The van der Waals surface area contributed by atoms with Gasteiger partial charge in [-0.2, -0.15) is 0 Å². The van der Waals surface area contributed by atoms with Crippen LogP contribution in [0.1, 0.15) is 52.4 Å². The van der Waals surface area contributed by atoms with Crippen LogP contribution in [-0.2, 0) is 4.79 Å². The number of hydrogen-bond acceptors (Lipinski definition) is 2. The van der Waals surface area contributed by atoms with E-state index in [1.54, 1.807) is 0 Å².